The molecule has 9 heteroatoms. The lowest BCUT2D eigenvalue weighted by Gasteiger charge is -2.33. The van der Waals surface area contributed by atoms with Crippen LogP contribution in [0.3, 0.4) is 0 Å². The van der Waals surface area contributed by atoms with Gasteiger partial charge < -0.3 is 19.6 Å². The van der Waals surface area contributed by atoms with Gasteiger partial charge in [0.1, 0.15) is 11.6 Å². The van der Waals surface area contributed by atoms with Crippen molar-refractivity contribution in [1.29, 1.82) is 0 Å². The number of morpholine rings is 1. The van der Waals surface area contributed by atoms with Crippen LogP contribution in [0.15, 0.2) is 24.4 Å². The summed E-state index contributed by atoms with van der Waals surface area (Å²) in [6.07, 6.45) is 6.34. The number of benzene rings is 1. The van der Waals surface area contributed by atoms with Crippen molar-refractivity contribution in [2.45, 2.75) is 38.7 Å². The summed E-state index contributed by atoms with van der Waals surface area (Å²) in [5.74, 6) is 4.12. The molecule has 0 bridgehead atoms. The predicted molar refractivity (Wildman–Crippen MR) is 142 cm³/mol. The Labute approximate surface area is 211 Å². The highest BCUT2D eigenvalue weighted by Crippen LogP contribution is 2.33. The molecule has 1 N–H and O–H groups in total. The van der Waals surface area contributed by atoms with Crippen molar-refractivity contribution < 1.29 is 9.84 Å². The second kappa shape index (κ2) is 10.8. The number of aliphatic hydroxyl groups excluding tert-OH is 1. The van der Waals surface area contributed by atoms with E-state index in [0.29, 0.717) is 24.9 Å². The Morgan fingerprint density at radius 1 is 1.09 bits per heavy atom. The van der Waals surface area contributed by atoms with Gasteiger partial charge in [-0.2, -0.15) is 16.9 Å². The van der Waals surface area contributed by atoms with Crippen LogP contribution in [0, 0.1) is 13.8 Å². The minimum atomic E-state index is -0.189. The number of nitrogens with zero attached hydrogens (tertiary/aromatic N) is 6. The highest BCUT2D eigenvalue weighted by molar-refractivity contribution is 7.98. The Bertz CT molecular complexity index is 1160. The number of aryl methyl sites for hydroxylation is 2. The zero-order chi connectivity index (χ0) is 24.4. The SMILES string of the molecule is CSCCN1CCC(c2cc3c(cnn3-c3cc(N4CCOC(CO)C4)nc(C)n3)cc2C)CC1. The molecule has 0 aliphatic carbocycles. The lowest BCUT2D eigenvalue weighted by Crippen LogP contribution is -2.44. The molecule has 1 unspecified atom stereocenters. The first-order chi connectivity index (χ1) is 17.1. The molecule has 2 aliphatic rings. The third-order valence-electron chi connectivity index (χ3n) is 7.29. The Kier molecular flexibility index (Phi) is 7.57. The van der Waals surface area contributed by atoms with E-state index in [9.17, 15) is 5.11 Å². The van der Waals surface area contributed by atoms with Gasteiger partial charge in [-0.1, -0.05) is 0 Å². The Morgan fingerprint density at radius 2 is 1.89 bits per heavy atom. The molecule has 3 aromatic rings. The van der Waals surface area contributed by atoms with E-state index >= 15 is 0 Å². The third kappa shape index (κ3) is 5.33. The largest absolute Gasteiger partial charge is 0.394 e. The summed E-state index contributed by atoms with van der Waals surface area (Å²) < 4.78 is 7.57. The molecule has 1 aromatic carbocycles. The van der Waals surface area contributed by atoms with Gasteiger partial charge in [0.15, 0.2) is 5.82 Å². The second-order valence-corrected chi connectivity index (χ2v) is 10.7. The van der Waals surface area contributed by atoms with E-state index in [-0.39, 0.29) is 12.7 Å². The van der Waals surface area contributed by atoms with Gasteiger partial charge in [0.25, 0.3) is 0 Å². The van der Waals surface area contributed by atoms with E-state index < -0.39 is 0 Å². The average Bonchev–Trinajstić information content (AvgIpc) is 3.29. The zero-order valence-corrected chi connectivity index (χ0v) is 21.8. The van der Waals surface area contributed by atoms with E-state index in [1.807, 2.05) is 35.6 Å². The number of anilines is 1. The van der Waals surface area contributed by atoms with Crippen LogP contribution in [0.1, 0.15) is 35.7 Å². The van der Waals surface area contributed by atoms with Crippen LogP contribution in [0.4, 0.5) is 5.82 Å². The van der Waals surface area contributed by atoms with Crippen LogP contribution in [-0.4, -0.2) is 93.8 Å². The first-order valence-corrected chi connectivity index (χ1v) is 14.0. The number of rotatable bonds is 7. The summed E-state index contributed by atoms with van der Waals surface area (Å²) >= 11 is 1.93. The number of fused-ring (bicyclic) bond motifs is 1. The van der Waals surface area contributed by atoms with Crippen LogP contribution < -0.4 is 4.90 Å². The summed E-state index contributed by atoms with van der Waals surface area (Å²) in [7, 11) is 0. The van der Waals surface area contributed by atoms with E-state index in [1.165, 1.54) is 49.4 Å². The van der Waals surface area contributed by atoms with Crippen molar-refractivity contribution in [3.05, 3.63) is 41.3 Å². The van der Waals surface area contributed by atoms with Gasteiger partial charge in [-0.05, 0) is 75.2 Å². The number of hydrogen-bond acceptors (Lipinski definition) is 8. The molecule has 0 saturated carbocycles. The maximum atomic E-state index is 9.54. The highest BCUT2D eigenvalue weighted by Gasteiger charge is 2.24. The molecule has 0 amide bonds. The maximum absolute atomic E-state index is 9.54. The number of aliphatic hydroxyl groups is 1. The second-order valence-electron chi connectivity index (χ2n) is 9.69. The van der Waals surface area contributed by atoms with Crippen LogP contribution in [0.25, 0.3) is 16.7 Å². The summed E-state index contributed by atoms with van der Waals surface area (Å²) in [6, 6.07) is 6.62. The molecule has 4 heterocycles. The minimum Gasteiger partial charge on any atom is -0.394 e. The molecular weight excluding hydrogens is 460 g/mol. The van der Waals surface area contributed by atoms with Gasteiger partial charge in [-0.3, -0.25) is 0 Å². The normalized spacial score (nSPS) is 20.1. The van der Waals surface area contributed by atoms with E-state index in [2.05, 4.69) is 40.1 Å². The third-order valence-corrected chi connectivity index (χ3v) is 7.88. The first-order valence-electron chi connectivity index (χ1n) is 12.6. The maximum Gasteiger partial charge on any atom is 0.159 e. The fourth-order valence-corrected chi connectivity index (χ4v) is 5.80. The predicted octanol–water partition coefficient (Wildman–Crippen LogP) is 3.17. The highest BCUT2D eigenvalue weighted by atomic mass is 32.2. The number of hydrogen-bond donors (Lipinski definition) is 1. The van der Waals surface area contributed by atoms with Gasteiger partial charge in [0.2, 0.25) is 0 Å². The number of aromatic nitrogens is 4. The van der Waals surface area contributed by atoms with E-state index in [1.54, 1.807) is 0 Å². The van der Waals surface area contributed by atoms with Crippen molar-refractivity contribution in [1.82, 2.24) is 24.6 Å². The molecule has 1 atom stereocenters. The standard InChI is InChI=1S/C26H36N6O2S/c1-18-12-21-15-27-32(24(21)13-23(18)20-4-6-30(7-5-20)9-11-35-3)26-14-25(28-19(2)29-26)31-8-10-34-22(16-31)17-33/h12-15,20,22,33H,4-11,16-17H2,1-3H3. The quantitative estimate of drug-likeness (QED) is 0.534. The lowest BCUT2D eigenvalue weighted by molar-refractivity contribution is 0.00335. The van der Waals surface area contributed by atoms with Crippen molar-refractivity contribution in [2.24, 2.45) is 0 Å². The lowest BCUT2D eigenvalue weighted by atomic mass is 9.86. The number of ether oxygens (including phenoxy) is 1. The van der Waals surface area contributed by atoms with Gasteiger partial charge in [-0.15, -0.1) is 0 Å². The van der Waals surface area contributed by atoms with Crippen molar-refractivity contribution in [2.75, 3.05) is 62.8 Å². The molecule has 2 aromatic heterocycles. The molecule has 2 saturated heterocycles. The van der Waals surface area contributed by atoms with Crippen molar-refractivity contribution in [3.8, 4) is 5.82 Å². The van der Waals surface area contributed by atoms with Gasteiger partial charge in [0, 0.05) is 36.8 Å². The monoisotopic (exact) mass is 496 g/mol. The van der Waals surface area contributed by atoms with Crippen LogP contribution in [0.5, 0.6) is 0 Å². The Hall–Kier alpha value is -2.20. The van der Waals surface area contributed by atoms with Gasteiger partial charge in [-0.25, -0.2) is 14.6 Å². The average molecular weight is 497 g/mol. The van der Waals surface area contributed by atoms with Crippen molar-refractivity contribution >= 4 is 28.5 Å². The molecule has 8 nitrogen and oxygen atoms in total. The molecule has 0 spiro atoms. The topological polar surface area (TPSA) is 79.5 Å². The molecule has 2 fully saturated rings. The summed E-state index contributed by atoms with van der Waals surface area (Å²) in [5.41, 5.74) is 3.88. The summed E-state index contributed by atoms with van der Waals surface area (Å²) in [5, 5.41) is 15.4. The minimum absolute atomic E-state index is 0.00976. The summed E-state index contributed by atoms with van der Waals surface area (Å²) in [6.45, 7) is 9.63. The smallest absolute Gasteiger partial charge is 0.159 e. The molecule has 35 heavy (non-hydrogen) atoms. The molecule has 0 radical (unpaired) electrons. The van der Waals surface area contributed by atoms with Crippen molar-refractivity contribution in [3.63, 3.8) is 0 Å². The van der Waals surface area contributed by atoms with E-state index in [0.717, 1.165) is 29.1 Å². The van der Waals surface area contributed by atoms with Crippen LogP contribution >= 0.6 is 11.8 Å². The van der Waals surface area contributed by atoms with Gasteiger partial charge in [0.05, 0.1) is 31.0 Å². The Balaban J connectivity index is 1.43. The zero-order valence-electron chi connectivity index (χ0n) is 21.0. The number of piperidine rings is 1. The van der Waals surface area contributed by atoms with Crippen LogP contribution in [-0.2, 0) is 4.74 Å². The van der Waals surface area contributed by atoms with E-state index in [4.69, 9.17) is 14.8 Å². The first kappa shape index (κ1) is 24.5. The fraction of sp³-hybridized carbons (Fsp3) is 0.577. The molecule has 188 valence electrons. The molecule has 5 rings (SSSR count). The summed E-state index contributed by atoms with van der Waals surface area (Å²) in [4.78, 5) is 14.2. The fourth-order valence-electron chi connectivity index (χ4n) is 5.36. The van der Waals surface area contributed by atoms with Gasteiger partial charge >= 0.3 is 0 Å². The number of thioether (sulfide) groups is 1. The van der Waals surface area contributed by atoms with Crippen LogP contribution in [0.2, 0.25) is 0 Å². The number of likely N-dealkylation sites (tertiary alicyclic amines) is 1. The molecule has 2 aliphatic heterocycles. The molecular formula is C26H36N6O2S. The Morgan fingerprint density at radius 3 is 2.66 bits per heavy atom.